The Bertz CT molecular complexity index is 169. The number of rotatable bonds is 6. The molecule has 0 aromatic heterocycles. The van der Waals surface area contributed by atoms with Gasteiger partial charge in [-0.25, -0.2) is 0 Å². The molecule has 5 nitrogen and oxygen atoms in total. The van der Waals surface area contributed by atoms with Crippen LogP contribution in [-0.4, -0.2) is 81.3 Å². The maximum absolute atomic E-state index is 9.17. The molecule has 0 aromatic carbocycles. The molecule has 0 aliphatic carbocycles. The second kappa shape index (κ2) is 7.14. The van der Waals surface area contributed by atoms with E-state index < -0.39 is 0 Å². The summed E-state index contributed by atoms with van der Waals surface area (Å²) in [7, 11) is 3.72. The number of methoxy groups -OCH3 is 1. The third-order valence-corrected chi connectivity index (χ3v) is 2.68. The normalized spacial score (nSPS) is 23.6. The Hall–Kier alpha value is -0.200. The molecule has 0 spiro atoms. The van der Waals surface area contributed by atoms with Gasteiger partial charge in [0.1, 0.15) is 0 Å². The van der Waals surface area contributed by atoms with Gasteiger partial charge in [0.05, 0.1) is 32.6 Å². The molecule has 0 saturated carbocycles. The molecule has 1 aliphatic rings. The summed E-state index contributed by atoms with van der Waals surface area (Å²) < 4.78 is 10.3. The standard InChI is InChI=1S/C10H22N2O3/c1-11(9-14-2)3-4-12-5-6-15-8-10(12)7-13/h10,13H,3-9H2,1-2H3. The van der Waals surface area contributed by atoms with Crippen LogP contribution in [0.1, 0.15) is 0 Å². The van der Waals surface area contributed by atoms with Crippen molar-refractivity contribution in [3.05, 3.63) is 0 Å². The van der Waals surface area contributed by atoms with Crippen molar-refractivity contribution in [2.45, 2.75) is 6.04 Å². The Balaban J connectivity index is 2.22. The second-order valence-electron chi connectivity index (χ2n) is 3.94. The third kappa shape index (κ3) is 4.44. The summed E-state index contributed by atoms with van der Waals surface area (Å²) in [5, 5.41) is 9.17. The van der Waals surface area contributed by atoms with Gasteiger partial charge in [-0.2, -0.15) is 0 Å². The van der Waals surface area contributed by atoms with Gasteiger partial charge in [0.15, 0.2) is 0 Å². The maximum atomic E-state index is 9.17. The molecule has 1 N–H and O–H groups in total. The van der Waals surface area contributed by atoms with Crippen LogP contribution in [0.3, 0.4) is 0 Å². The lowest BCUT2D eigenvalue weighted by atomic mass is 10.2. The highest BCUT2D eigenvalue weighted by molar-refractivity contribution is 4.74. The molecule has 1 saturated heterocycles. The molecule has 1 heterocycles. The number of aliphatic hydroxyl groups excluding tert-OH is 1. The molecule has 1 rings (SSSR count). The van der Waals surface area contributed by atoms with Gasteiger partial charge in [0.2, 0.25) is 0 Å². The van der Waals surface area contributed by atoms with E-state index in [4.69, 9.17) is 9.47 Å². The summed E-state index contributed by atoms with van der Waals surface area (Å²) >= 11 is 0. The SMILES string of the molecule is COCN(C)CCN1CCOCC1CO. The third-order valence-electron chi connectivity index (χ3n) is 2.68. The van der Waals surface area contributed by atoms with Gasteiger partial charge in [0.25, 0.3) is 0 Å². The predicted molar refractivity (Wildman–Crippen MR) is 57.8 cm³/mol. The molecule has 0 bridgehead atoms. The van der Waals surface area contributed by atoms with Gasteiger partial charge >= 0.3 is 0 Å². The van der Waals surface area contributed by atoms with Crippen LogP contribution in [0.2, 0.25) is 0 Å². The molecule has 1 atom stereocenters. The van der Waals surface area contributed by atoms with Crippen LogP contribution in [0.25, 0.3) is 0 Å². The first-order valence-corrected chi connectivity index (χ1v) is 5.38. The summed E-state index contributed by atoms with van der Waals surface area (Å²) in [4.78, 5) is 4.39. The Morgan fingerprint density at radius 1 is 1.60 bits per heavy atom. The van der Waals surface area contributed by atoms with Crippen LogP contribution in [0.4, 0.5) is 0 Å². The Labute approximate surface area is 91.6 Å². The summed E-state index contributed by atoms with van der Waals surface area (Å²) in [5.41, 5.74) is 0. The Morgan fingerprint density at radius 3 is 3.07 bits per heavy atom. The fourth-order valence-electron chi connectivity index (χ4n) is 1.74. The minimum atomic E-state index is 0.162. The molecule has 1 fully saturated rings. The van der Waals surface area contributed by atoms with Crippen LogP contribution in [0.5, 0.6) is 0 Å². The van der Waals surface area contributed by atoms with Gasteiger partial charge in [-0.1, -0.05) is 0 Å². The van der Waals surface area contributed by atoms with Crippen molar-refractivity contribution in [2.75, 3.05) is 60.3 Å². The number of hydrogen-bond acceptors (Lipinski definition) is 5. The molecule has 90 valence electrons. The van der Waals surface area contributed by atoms with Gasteiger partial charge in [-0.3, -0.25) is 9.80 Å². The zero-order valence-electron chi connectivity index (χ0n) is 9.69. The van der Waals surface area contributed by atoms with Crippen LogP contribution >= 0.6 is 0 Å². The van der Waals surface area contributed by atoms with Gasteiger partial charge in [-0.05, 0) is 7.05 Å². The molecular weight excluding hydrogens is 196 g/mol. The van der Waals surface area contributed by atoms with Crippen molar-refractivity contribution in [1.29, 1.82) is 0 Å². The van der Waals surface area contributed by atoms with E-state index in [-0.39, 0.29) is 12.6 Å². The van der Waals surface area contributed by atoms with Crippen molar-refractivity contribution < 1.29 is 14.6 Å². The average molecular weight is 218 g/mol. The van der Waals surface area contributed by atoms with Crippen LogP contribution < -0.4 is 0 Å². The van der Waals surface area contributed by atoms with Gasteiger partial charge < -0.3 is 14.6 Å². The lowest BCUT2D eigenvalue weighted by Crippen LogP contribution is -2.49. The number of morpholine rings is 1. The van der Waals surface area contributed by atoms with E-state index in [0.717, 1.165) is 26.2 Å². The molecule has 1 unspecified atom stereocenters. The van der Waals surface area contributed by atoms with Crippen molar-refractivity contribution in [2.24, 2.45) is 0 Å². The molecule has 15 heavy (non-hydrogen) atoms. The summed E-state index contributed by atoms with van der Waals surface area (Å²) in [6, 6.07) is 0.162. The first kappa shape index (κ1) is 12.9. The van der Waals surface area contributed by atoms with Crippen molar-refractivity contribution in [3.8, 4) is 0 Å². The number of aliphatic hydroxyl groups is 1. The van der Waals surface area contributed by atoms with Crippen molar-refractivity contribution >= 4 is 0 Å². The first-order chi connectivity index (χ1) is 7.27. The van der Waals surface area contributed by atoms with E-state index in [0.29, 0.717) is 13.3 Å². The molecular formula is C10H22N2O3. The first-order valence-electron chi connectivity index (χ1n) is 5.38. The highest BCUT2D eigenvalue weighted by Crippen LogP contribution is 2.05. The molecule has 0 amide bonds. The topological polar surface area (TPSA) is 45.2 Å². The highest BCUT2D eigenvalue weighted by Gasteiger charge is 2.21. The molecule has 5 heteroatoms. The number of likely N-dealkylation sites (N-methyl/N-ethyl adjacent to an activating group) is 1. The van der Waals surface area contributed by atoms with E-state index in [2.05, 4.69) is 9.80 Å². The average Bonchev–Trinajstić information content (AvgIpc) is 2.27. The smallest absolute Gasteiger partial charge is 0.0984 e. The van der Waals surface area contributed by atoms with E-state index in [1.54, 1.807) is 7.11 Å². The molecule has 0 aromatic rings. The Morgan fingerprint density at radius 2 is 2.40 bits per heavy atom. The van der Waals surface area contributed by atoms with Crippen LogP contribution in [0, 0.1) is 0 Å². The second-order valence-corrected chi connectivity index (χ2v) is 3.94. The number of ether oxygens (including phenoxy) is 2. The fourth-order valence-corrected chi connectivity index (χ4v) is 1.74. The van der Waals surface area contributed by atoms with Crippen LogP contribution in [0.15, 0.2) is 0 Å². The minimum Gasteiger partial charge on any atom is -0.395 e. The highest BCUT2D eigenvalue weighted by atomic mass is 16.5. The largest absolute Gasteiger partial charge is 0.395 e. The minimum absolute atomic E-state index is 0.162. The van der Waals surface area contributed by atoms with E-state index in [1.165, 1.54) is 0 Å². The molecule has 0 radical (unpaired) electrons. The van der Waals surface area contributed by atoms with E-state index in [9.17, 15) is 5.11 Å². The van der Waals surface area contributed by atoms with Crippen molar-refractivity contribution in [1.82, 2.24) is 9.80 Å². The lowest BCUT2D eigenvalue weighted by molar-refractivity contribution is -0.0329. The zero-order chi connectivity index (χ0) is 11.1. The molecule has 1 aliphatic heterocycles. The number of hydrogen-bond donors (Lipinski definition) is 1. The zero-order valence-corrected chi connectivity index (χ0v) is 9.69. The van der Waals surface area contributed by atoms with E-state index >= 15 is 0 Å². The quantitative estimate of drug-likeness (QED) is 0.592. The Kier molecular flexibility index (Phi) is 6.12. The maximum Gasteiger partial charge on any atom is 0.0984 e. The fraction of sp³-hybridized carbons (Fsp3) is 1.00. The lowest BCUT2D eigenvalue weighted by Gasteiger charge is -2.35. The predicted octanol–water partition coefficient (Wildman–Crippen LogP) is -0.785. The summed E-state index contributed by atoms with van der Waals surface area (Å²) in [5.74, 6) is 0. The number of nitrogens with zero attached hydrogens (tertiary/aromatic N) is 2. The van der Waals surface area contributed by atoms with Crippen LogP contribution in [-0.2, 0) is 9.47 Å². The summed E-state index contributed by atoms with van der Waals surface area (Å²) in [6.07, 6.45) is 0. The van der Waals surface area contributed by atoms with Gasteiger partial charge in [-0.15, -0.1) is 0 Å². The summed E-state index contributed by atoms with van der Waals surface area (Å²) in [6.45, 7) is 5.04. The van der Waals surface area contributed by atoms with Crippen molar-refractivity contribution in [3.63, 3.8) is 0 Å². The van der Waals surface area contributed by atoms with E-state index in [1.807, 2.05) is 7.05 Å². The monoisotopic (exact) mass is 218 g/mol. The van der Waals surface area contributed by atoms with Gasteiger partial charge in [0, 0.05) is 26.7 Å².